The summed E-state index contributed by atoms with van der Waals surface area (Å²) in [7, 11) is 1.57. The molecule has 15 heavy (non-hydrogen) atoms. The van der Waals surface area contributed by atoms with E-state index in [1.165, 1.54) is 19.3 Å². The van der Waals surface area contributed by atoms with E-state index >= 15 is 0 Å². The summed E-state index contributed by atoms with van der Waals surface area (Å²) in [4.78, 5) is 11.8. The van der Waals surface area contributed by atoms with Crippen molar-refractivity contribution in [2.45, 2.75) is 25.3 Å². The number of nitrogens with one attached hydrogen (secondary N) is 1. The first-order valence-electron chi connectivity index (χ1n) is 5.68. The molecule has 3 unspecified atom stereocenters. The van der Waals surface area contributed by atoms with E-state index in [9.17, 15) is 4.79 Å². The third kappa shape index (κ3) is 2.16. The van der Waals surface area contributed by atoms with Crippen molar-refractivity contribution in [1.29, 1.82) is 0 Å². The molecule has 2 rings (SSSR count). The zero-order valence-electron chi connectivity index (χ0n) is 9.11. The molecule has 1 amide bonds. The van der Waals surface area contributed by atoms with E-state index in [-0.39, 0.29) is 24.5 Å². The van der Waals surface area contributed by atoms with Gasteiger partial charge in [-0.1, -0.05) is 6.42 Å². The lowest BCUT2D eigenvalue weighted by molar-refractivity contribution is -0.124. The number of aliphatic hydroxyl groups is 1. The largest absolute Gasteiger partial charge is 0.394 e. The Labute approximate surface area is 90.0 Å². The van der Waals surface area contributed by atoms with E-state index in [0.717, 1.165) is 0 Å². The summed E-state index contributed by atoms with van der Waals surface area (Å²) < 4.78 is 4.92. The first-order chi connectivity index (χ1) is 7.27. The molecule has 4 nitrogen and oxygen atoms in total. The lowest BCUT2D eigenvalue weighted by Gasteiger charge is -2.15. The number of hydrogen-bond acceptors (Lipinski definition) is 3. The molecule has 0 aromatic heterocycles. The van der Waals surface area contributed by atoms with Gasteiger partial charge in [0, 0.05) is 13.0 Å². The molecule has 2 aliphatic carbocycles. The predicted octanol–water partition coefficient (Wildman–Crippen LogP) is 0.156. The van der Waals surface area contributed by atoms with Gasteiger partial charge in [0.1, 0.15) is 0 Å². The van der Waals surface area contributed by atoms with E-state index in [2.05, 4.69) is 5.32 Å². The van der Waals surface area contributed by atoms with Crippen LogP contribution in [0, 0.1) is 17.8 Å². The van der Waals surface area contributed by atoms with E-state index < -0.39 is 0 Å². The van der Waals surface area contributed by atoms with Crippen LogP contribution in [0.2, 0.25) is 0 Å². The topological polar surface area (TPSA) is 58.6 Å². The Morgan fingerprint density at radius 1 is 1.53 bits per heavy atom. The van der Waals surface area contributed by atoms with Gasteiger partial charge in [-0.3, -0.25) is 4.79 Å². The second-order valence-electron chi connectivity index (χ2n) is 4.63. The first kappa shape index (κ1) is 10.9. The summed E-state index contributed by atoms with van der Waals surface area (Å²) in [5.74, 6) is 1.60. The average molecular weight is 213 g/mol. The molecule has 0 aromatic carbocycles. The lowest BCUT2D eigenvalue weighted by atomic mass is 10.1. The van der Waals surface area contributed by atoms with Gasteiger partial charge in [0.2, 0.25) is 5.91 Å². The Balaban J connectivity index is 1.77. The molecule has 0 radical (unpaired) electrons. The van der Waals surface area contributed by atoms with Gasteiger partial charge >= 0.3 is 0 Å². The number of ether oxygens (including phenoxy) is 1. The van der Waals surface area contributed by atoms with Crippen molar-refractivity contribution in [2.24, 2.45) is 17.8 Å². The zero-order chi connectivity index (χ0) is 10.8. The fourth-order valence-corrected chi connectivity index (χ4v) is 2.85. The van der Waals surface area contributed by atoms with Gasteiger partial charge < -0.3 is 15.2 Å². The van der Waals surface area contributed by atoms with Crippen molar-refractivity contribution < 1.29 is 14.6 Å². The van der Waals surface area contributed by atoms with E-state index in [1.54, 1.807) is 7.11 Å². The highest BCUT2D eigenvalue weighted by Crippen LogP contribution is 2.57. The molecule has 0 heterocycles. The molecular weight excluding hydrogens is 194 g/mol. The second-order valence-corrected chi connectivity index (χ2v) is 4.63. The minimum absolute atomic E-state index is 0.0539. The van der Waals surface area contributed by atoms with Gasteiger partial charge in [-0.2, -0.15) is 0 Å². The van der Waals surface area contributed by atoms with Gasteiger partial charge in [-0.25, -0.2) is 0 Å². The number of amides is 1. The first-order valence-corrected chi connectivity index (χ1v) is 5.68. The van der Waals surface area contributed by atoms with Gasteiger partial charge in [-0.05, 0) is 24.7 Å². The maximum Gasteiger partial charge on any atom is 0.224 e. The van der Waals surface area contributed by atoms with Crippen molar-refractivity contribution in [1.82, 2.24) is 5.32 Å². The molecule has 0 aromatic rings. The molecule has 4 heteroatoms. The Hall–Kier alpha value is -0.610. The molecule has 2 N–H and O–H groups in total. The summed E-state index contributed by atoms with van der Waals surface area (Å²) >= 11 is 0. The van der Waals surface area contributed by atoms with Crippen LogP contribution in [0.15, 0.2) is 0 Å². The Morgan fingerprint density at radius 2 is 2.20 bits per heavy atom. The predicted molar refractivity (Wildman–Crippen MR) is 55.2 cm³/mol. The van der Waals surface area contributed by atoms with E-state index in [1.807, 2.05) is 0 Å². The van der Waals surface area contributed by atoms with Crippen LogP contribution in [0.4, 0.5) is 0 Å². The molecule has 0 bridgehead atoms. The van der Waals surface area contributed by atoms with E-state index in [0.29, 0.717) is 18.4 Å². The van der Waals surface area contributed by atoms with Gasteiger partial charge in [-0.15, -0.1) is 0 Å². The fraction of sp³-hybridized carbons (Fsp3) is 0.909. The Morgan fingerprint density at radius 3 is 2.73 bits per heavy atom. The molecule has 86 valence electrons. The van der Waals surface area contributed by atoms with Crippen molar-refractivity contribution in [2.75, 3.05) is 20.3 Å². The third-order valence-corrected chi connectivity index (χ3v) is 3.64. The van der Waals surface area contributed by atoms with Crippen LogP contribution in [-0.4, -0.2) is 37.4 Å². The van der Waals surface area contributed by atoms with Crippen LogP contribution < -0.4 is 5.32 Å². The van der Waals surface area contributed by atoms with Gasteiger partial charge in [0.15, 0.2) is 0 Å². The Kier molecular flexibility index (Phi) is 3.26. The number of rotatable bonds is 5. The summed E-state index contributed by atoms with van der Waals surface area (Å²) in [5, 5.41) is 11.9. The highest BCUT2D eigenvalue weighted by Gasteiger charge is 2.56. The van der Waals surface area contributed by atoms with Crippen LogP contribution in [0.3, 0.4) is 0 Å². The molecule has 0 spiro atoms. The quantitative estimate of drug-likeness (QED) is 0.683. The Bertz CT molecular complexity index is 234. The zero-order valence-corrected chi connectivity index (χ0v) is 9.11. The van der Waals surface area contributed by atoms with Crippen molar-refractivity contribution in [3.05, 3.63) is 0 Å². The average Bonchev–Trinajstić information content (AvgIpc) is 2.72. The van der Waals surface area contributed by atoms with Gasteiger partial charge in [0.25, 0.3) is 0 Å². The summed E-state index contributed by atoms with van der Waals surface area (Å²) in [6.07, 6.45) is 3.69. The van der Waals surface area contributed by atoms with Gasteiger partial charge in [0.05, 0.1) is 19.3 Å². The molecule has 2 aliphatic rings. The number of carbonyl (C=O) groups excluding carboxylic acids is 1. The number of aliphatic hydroxyl groups excluding tert-OH is 1. The number of fused-ring (bicyclic) bond motifs is 1. The minimum Gasteiger partial charge on any atom is -0.394 e. The highest BCUT2D eigenvalue weighted by atomic mass is 16.5. The van der Waals surface area contributed by atoms with Crippen LogP contribution in [0.1, 0.15) is 19.3 Å². The highest BCUT2D eigenvalue weighted by molar-refractivity contribution is 5.82. The van der Waals surface area contributed by atoms with Crippen LogP contribution >= 0.6 is 0 Å². The number of hydrogen-bond donors (Lipinski definition) is 2. The molecule has 2 fully saturated rings. The molecule has 2 saturated carbocycles. The normalized spacial score (nSPS) is 34.7. The van der Waals surface area contributed by atoms with Crippen molar-refractivity contribution in [3.8, 4) is 0 Å². The molecular formula is C11H19NO3. The maximum atomic E-state index is 11.8. The molecule has 3 atom stereocenters. The smallest absolute Gasteiger partial charge is 0.224 e. The van der Waals surface area contributed by atoms with Crippen LogP contribution in [-0.2, 0) is 9.53 Å². The summed E-state index contributed by atoms with van der Waals surface area (Å²) in [6, 6.07) is -0.246. The SMILES string of the molecule is COCC(CO)NC(=O)C1C2CCCC21. The number of methoxy groups -OCH3 is 1. The molecule has 0 aliphatic heterocycles. The number of carbonyl (C=O) groups is 1. The summed E-state index contributed by atoms with van der Waals surface area (Å²) in [5.41, 5.74) is 0. The fourth-order valence-electron chi connectivity index (χ4n) is 2.85. The van der Waals surface area contributed by atoms with Crippen LogP contribution in [0.25, 0.3) is 0 Å². The summed E-state index contributed by atoms with van der Waals surface area (Å²) in [6.45, 7) is 0.325. The third-order valence-electron chi connectivity index (χ3n) is 3.64. The van der Waals surface area contributed by atoms with E-state index in [4.69, 9.17) is 9.84 Å². The molecule has 0 saturated heterocycles. The second kappa shape index (κ2) is 4.49. The van der Waals surface area contributed by atoms with Crippen LogP contribution in [0.5, 0.6) is 0 Å². The maximum absolute atomic E-state index is 11.8. The lowest BCUT2D eigenvalue weighted by Crippen LogP contribution is -2.42. The minimum atomic E-state index is -0.246. The van der Waals surface area contributed by atoms with Crippen molar-refractivity contribution in [3.63, 3.8) is 0 Å². The monoisotopic (exact) mass is 213 g/mol. The van der Waals surface area contributed by atoms with Crippen molar-refractivity contribution >= 4 is 5.91 Å². The standard InChI is InChI=1S/C11H19NO3/c1-15-6-7(5-13)12-11(14)10-8-3-2-4-9(8)10/h7-10,13H,2-6H2,1H3,(H,12,14).